The third kappa shape index (κ3) is 3.67. The topological polar surface area (TPSA) is 88.2 Å². The molecule has 1 saturated heterocycles. The van der Waals surface area contributed by atoms with Crippen molar-refractivity contribution in [3.8, 4) is 0 Å². The molecule has 8 heteroatoms. The Bertz CT molecular complexity index is 706. The van der Waals surface area contributed by atoms with Gasteiger partial charge >= 0.3 is 12.2 Å². The fourth-order valence-corrected chi connectivity index (χ4v) is 3.09. The Morgan fingerprint density at radius 2 is 2.16 bits per heavy atom. The summed E-state index contributed by atoms with van der Waals surface area (Å²) in [6, 6.07) is 5.74. The summed E-state index contributed by atoms with van der Waals surface area (Å²) in [5.74, 6) is -0.154. The molecular formula is C17H21N3O5. The number of carbonyl (C=O) groups is 3. The van der Waals surface area contributed by atoms with Crippen molar-refractivity contribution in [2.45, 2.75) is 26.0 Å². The summed E-state index contributed by atoms with van der Waals surface area (Å²) in [5, 5.41) is 2.66. The van der Waals surface area contributed by atoms with Crippen LogP contribution < -0.4 is 10.2 Å². The second kappa shape index (κ2) is 7.00. The van der Waals surface area contributed by atoms with Crippen LogP contribution >= 0.6 is 0 Å². The number of hydrogen-bond donors (Lipinski definition) is 1. The van der Waals surface area contributed by atoms with Crippen molar-refractivity contribution in [2.24, 2.45) is 0 Å². The first-order chi connectivity index (χ1) is 12.0. The monoisotopic (exact) mass is 347 g/mol. The molecule has 0 spiro atoms. The molecule has 2 aliphatic rings. The number of fused-ring (bicyclic) bond motifs is 1. The number of rotatable bonds is 3. The molecule has 8 nitrogen and oxygen atoms in total. The Morgan fingerprint density at radius 1 is 1.36 bits per heavy atom. The van der Waals surface area contributed by atoms with Gasteiger partial charge in [-0.25, -0.2) is 9.59 Å². The molecule has 3 rings (SSSR count). The van der Waals surface area contributed by atoms with Gasteiger partial charge < -0.3 is 19.7 Å². The normalized spacial score (nSPS) is 19.3. The van der Waals surface area contributed by atoms with Gasteiger partial charge in [-0.05, 0) is 29.7 Å². The van der Waals surface area contributed by atoms with Crippen molar-refractivity contribution in [2.75, 3.05) is 31.6 Å². The van der Waals surface area contributed by atoms with Gasteiger partial charge in [0.15, 0.2) is 0 Å². The molecule has 1 fully saturated rings. The largest absolute Gasteiger partial charge is 0.453 e. The first-order valence-electron chi connectivity index (χ1n) is 8.15. The highest BCUT2D eigenvalue weighted by Gasteiger charge is 2.33. The first-order valence-corrected chi connectivity index (χ1v) is 8.15. The zero-order valence-corrected chi connectivity index (χ0v) is 14.3. The van der Waals surface area contributed by atoms with E-state index < -0.39 is 6.09 Å². The minimum absolute atomic E-state index is 0.154. The predicted molar refractivity (Wildman–Crippen MR) is 89.3 cm³/mol. The van der Waals surface area contributed by atoms with Gasteiger partial charge in [0, 0.05) is 25.7 Å². The molecule has 1 aromatic carbocycles. The molecule has 2 heterocycles. The molecule has 1 N–H and O–H groups in total. The average molecular weight is 347 g/mol. The van der Waals surface area contributed by atoms with Gasteiger partial charge in [0.25, 0.3) is 0 Å². The Morgan fingerprint density at radius 3 is 2.88 bits per heavy atom. The highest BCUT2D eigenvalue weighted by atomic mass is 16.6. The highest BCUT2D eigenvalue weighted by Crippen LogP contribution is 2.27. The molecule has 1 atom stereocenters. The van der Waals surface area contributed by atoms with Crippen LogP contribution in [0.2, 0.25) is 0 Å². The predicted octanol–water partition coefficient (Wildman–Crippen LogP) is 1.27. The van der Waals surface area contributed by atoms with Crippen LogP contribution in [-0.4, -0.2) is 55.8 Å². The van der Waals surface area contributed by atoms with E-state index in [1.54, 1.807) is 9.80 Å². The Kier molecular flexibility index (Phi) is 4.78. The Balaban J connectivity index is 1.69. The maximum absolute atomic E-state index is 12.1. The standard InChI is InChI=1S/C17H21N3O5/c1-11(21)18-8-15-10-20(17(23)25-15)14-4-3-13-9-19(16(22)24-2)6-5-12(13)7-14/h3-4,7,15H,5-6,8-10H2,1-2H3,(H,18,21). The fraction of sp³-hybridized carbons (Fsp3) is 0.471. The molecule has 0 aliphatic carbocycles. The van der Waals surface area contributed by atoms with Crippen LogP contribution in [0.1, 0.15) is 18.1 Å². The van der Waals surface area contributed by atoms with Gasteiger partial charge in [0.2, 0.25) is 5.91 Å². The lowest BCUT2D eigenvalue weighted by Crippen LogP contribution is -2.36. The van der Waals surface area contributed by atoms with E-state index in [-0.39, 0.29) is 18.1 Å². The van der Waals surface area contributed by atoms with E-state index >= 15 is 0 Å². The minimum Gasteiger partial charge on any atom is -0.453 e. The summed E-state index contributed by atoms with van der Waals surface area (Å²) >= 11 is 0. The van der Waals surface area contributed by atoms with E-state index in [4.69, 9.17) is 9.47 Å². The number of anilines is 1. The number of cyclic esters (lactones) is 1. The van der Waals surface area contributed by atoms with E-state index in [1.807, 2.05) is 18.2 Å². The van der Waals surface area contributed by atoms with Crippen molar-refractivity contribution in [3.05, 3.63) is 29.3 Å². The Hall–Kier alpha value is -2.77. The molecule has 1 aromatic rings. The molecule has 1 unspecified atom stereocenters. The summed E-state index contributed by atoms with van der Waals surface area (Å²) in [5.41, 5.74) is 2.92. The summed E-state index contributed by atoms with van der Waals surface area (Å²) in [7, 11) is 1.37. The molecule has 0 aromatic heterocycles. The third-order valence-electron chi connectivity index (χ3n) is 4.40. The fourth-order valence-electron chi connectivity index (χ4n) is 3.09. The van der Waals surface area contributed by atoms with Crippen LogP contribution in [-0.2, 0) is 27.2 Å². The number of nitrogens with one attached hydrogen (secondary N) is 1. The van der Waals surface area contributed by atoms with Crippen molar-refractivity contribution in [1.82, 2.24) is 10.2 Å². The van der Waals surface area contributed by atoms with E-state index in [2.05, 4.69) is 5.32 Å². The molecule has 0 radical (unpaired) electrons. The van der Waals surface area contributed by atoms with E-state index in [0.29, 0.717) is 32.6 Å². The number of methoxy groups -OCH3 is 1. The van der Waals surface area contributed by atoms with Crippen molar-refractivity contribution in [1.29, 1.82) is 0 Å². The number of nitrogens with zero attached hydrogens (tertiary/aromatic N) is 2. The van der Waals surface area contributed by atoms with Gasteiger partial charge in [-0.1, -0.05) is 6.07 Å². The number of benzene rings is 1. The van der Waals surface area contributed by atoms with Crippen molar-refractivity contribution >= 4 is 23.8 Å². The van der Waals surface area contributed by atoms with Crippen molar-refractivity contribution in [3.63, 3.8) is 0 Å². The van der Waals surface area contributed by atoms with Crippen LogP contribution in [0.25, 0.3) is 0 Å². The summed E-state index contributed by atoms with van der Waals surface area (Å²) in [4.78, 5) is 38.0. The maximum atomic E-state index is 12.1. The van der Waals surface area contributed by atoms with Crippen molar-refractivity contribution < 1.29 is 23.9 Å². The van der Waals surface area contributed by atoms with Crippen LogP contribution in [0.4, 0.5) is 15.3 Å². The first kappa shape index (κ1) is 17.1. The van der Waals surface area contributed by atoms with Gasteiger partial charge in [-0.2, -0.15) is 0 Å². The number of amides is 3. The SMILES string of the molecule is COC(=O)N1CCc2cc(N3CC(CNC(C)=O)OC3=O)ccc2C1. The third-order valence-corrected chi connectivity index (χ3v) is 4.40. The van der Waals surface area contributed by atoms with E-state index in [0.717, 1.165) is 16.8 Å². The van der Waals surface area contributed by atoms with Crippen LogP contribution in [0.3, 0.4) is 0 Å². The summed E-state index contributed by atoms with van der Waals surface area (Å²) < 4.78 is 10.1. The van der Waals surface area contributed by atoms with Crippen LogP contribution in [0, 0.1) is 0 Å². The van der Waals surface area contributed by atoms with E-state index in [9.17, 15) is 14.4 Å². The Labute approximate surface area is 145 Å². The molecular weight excluding hydrogens is 326 g/mol. The van der Waals surface area contributed by atoms with Gasteiger partial charge in [0.05, 0.1) is 20.2 Å². The number of hydrogen-bond acceptors (Lipinski definition) is 5. The second-order valence-corrected chi connectivity index (χ2v) is 6.15. The lowest BCUT2D eigenvalue weighted by atomic mass is 9.99. The molecule has 25 heavy (non-hydrogen) atoms. The minimum atomic E-state index is -0.415. The summed E-state index contributed by atoms with van der Waals surface area (Å²) in [6.07, 6.45) is -0.403. The maximum Gasteiger partial charge on any atom is 0.414 e. The van der Waals surface area contributed by atoms with E-state index in [1.165, 1.54) is 14.0 Å². The zero-order valence-electron chi connectivity index (χ0n) is 14.3. The smallest absolute Gasteiger partial charge is 0.414 e. The molecule has 3 amide bonds. The highest BCUT2D eigenvalue weighted by molar-refractivity contribution is 5.90. The quantitative estimate of drug-likeness (QED) is 0.890. The number of carbonyl (C=O) groups excluding carboxylic acids is 3. The zero-order chi connectivity index (χ0) is 18.0. The van der Waals surface area contributed by atoms with Crippen LogP contribution in [0.15, 0.2) is 18.2 Å². The van der Waals surface area contributed by atoms with Crippen LogP contribution in [0.5, 0.6) is 0 Å². The van der Waals surface area contributed by atoms with Gasteiger partial charge in [-0.3, -0.25) is 9.69 Å². The molecule has 0 bridgehead atoms. The molecule has 134 valence electrons. The lowest BCUT2D eigenvalue weighted by Gasteiger charge is -2.28. The summed E-state index contributed by atoms with van der Waals surface area (Å²) in [6.45, 7) is 3.20. The number of ether oxygens (including phenoxy) is 2. The second-order valence-electron chi connectivity index (χ2n) is 6.15. The average Bonchev–Trinajstić information content (AvgIpc) is 2.99. The van der Waals surface area contributed by atoms with Gasteiger partial charge in [-0.15, -0.1) is 0 Å². The molecule has 0 saturated carbocycles. The molecule has 2 aliphatic heterocycles. The lowest BCUT2D eigenvalue weighted by molar-refractivity contribution is -0.119. The van der Waals surface area contributed by atoms with Gasteiger partial charge in [0.1, 0.15) is 6.10 Å².